The maximum atomic E-state index is 5.62. The maximum Gasteiger partial charge on any atom is 0.0722 e. The molecule has 0 aliphatic carbocycles. The number of fused-ring (bicyclic) bond motifs is 1. The van der Waals surface area contributed by atoms with Crippen molar-refractivity contribution < 1.29 is 4.74 Å². The number of aromatic nitrogens is 1. The van der Waals surface area contributed by atoms with E-state index in [1.807, 2.05) is 0 Å². The summed E-state index contributed by atoms with van der Waals surface area (Å²) in [5, 5.41) is 1.24. The molecule has 16 heavy (non-hydrogen) atoms. The second kappa shape index (κ2) is 4.68. The van der Waals surface area contributed by atoms with Gasteiger partial charge >= 0.3 is 0 Å². The van der Waals surface area contributed by atoms with E-state index in [-0.39, 0.29) is 6.10 Å². The molecule has 3 heteroatoms. The fourth-order valence-electron chi connectivity index (χ4n) is 1.89. The van der Waals surface area contributed by atoms with Crippen molar-refractivity contribution in [1.29, 1.82) is 0 Å². The Bertz CT molecular complexity index is 476. The Balaban J connectivity index is 2.34. The summed E-state index contributed by atoms with van der Waals surface area (Å²) in [7, 11) is 1.74. The second-order valence-corrected chi connectivity index (χ2v) is 4.11. The first kappa shape index (κ1) is 11.2. The number of ether oxygens (including phenoxy) is 1. The van der Waals surface area contributed by atoms with Crippen LogP contribution in [0.2, 0.25) is 0 Å². The Morgan fingerprint density at radius 3 is 2.88 bits per heavy atom. The Kier molecular flexibility index (Phi) is 3.27. The smallest absolute Gasteiger partial charge is 0.0722 e. The van der Waals surface area contributed by atoms with E-state index in [1.165, 1.54) is 16.5 Å². The predicted molar refractivity (Wildman–Crippen MR) is 66.3 cm³/mol. The molecule has 1 heterocycles. The van der Waals surface area contributed by atoms with Gasteiger partial charge in [0.25, 0.3) is 0 Å². The molecule has 3 nitrogen and oxygen atoms in total. The zero-order valence-corrected chi connectivity index (χ0v) is 9.81. The Labute approximate surface area is 95.8 Å². The predicted octanol–water partition coefficient (Wildman–Crippen LogP) is 2.13. The molecular weight excluding hydrogens is 200 g/mol. The van der Waals surface area contributed by atoms with Crippen molar-refractivity contribution in [2.75, 3.05) is 7.11 Å². The summed E-state index contributed by atoms with van der Waals surface area (Å²) >= 11 is 0. The fraction of sp³-hybridized carbons (Fsp3) is 0.385. The molecule has 1 unspecified atom stereocenters. The third kappa shape index (κ3) is 2.10. The number of nitrogens with two attached hydrogens (primary N) is 1. The zero-order chi connectivity index (χ0) is 11.5. The van der Waals surface area contributed by atoms with Gasteiger partial charge in [0.1, 0.15) is 0 Å². The molecule has 0 amide bonds. The van der Waals surface area contributed by atoms with Gasteiger partial charge in [-0.15, -0.1) is 0 Å². The molecule has 0 fully saturated rings. The van der Waals surface area contributed by atoms with Crippen molar-refractivity contribution in [2.45, 2.75) is 26.1 Å². The van der Waals surface area contributed by atoms with Gasteiger partial charge in [-0.25, -0.2) is 0 Å². The standard InChI is InChI=1S/C13H18N2O/c1-10(16-2)9-15-6-5-12-7-11(8-14)3-4-13(12)15/h3-7,10H,8-9,14H2,1-2H3. The number of hydrogen-bond acceptors (Lipinski definition) is 2. The van der Waals surface area contributed by atoms with Crippen molar-refractivity contribution >= 4 is 10.9 Å². The van der Waals surface area contributed by atoms with Crippen molar-refractivity contribution in [1.82, 2.24) is 4.57 Å². The summed E-state index contributed by atoms with van der Waals surface area (Å²) in [5.41, 5.74) is 8.03. The third-order valence-electron chi connectivity index (χ3n) is 2.93. The fourth-order valence-corrected chi connectivity index (χ4v) is 1.89. The largest absolute Gasteiger partial charge is 0.380 e. The summed E-state index contributed by atoms with van der Waals surface area (Å²) in [6.45, 7) is 3.54. The van der Waals surface area contributed by atoms with Crippen LogP contribution >= 0.6 is 0 Å². The van der Waals surface area contributed by atoms with Gasteiger partial charge in [0, 0.05) is 31.9 Å². The van der Waals surface area contributed by atoms with Gasteiger partial charge in [0.05, 0.1) is 6.10 Å². The lowest BCUT2D eigenvalue weighted by molar-refractivity contribution is 0.104. The SMILES string of the molecule is COC(C)Cn1ccc2cc(CN)ccc21. The molecule has 2 N–H and O–H groups in total. The van der Waals surface area contributed by atoms with Crippen LogP contribution in [-0.4, -0.2) is 17.8 Å². The highest BCUT2D eigenvalue weighted by atomic mass is 16.5. The van der Waals surface area contributed by atoms with Gasteiger partial charge in [0.2, 0.25) is 0 Å². The monoisotopic (exact) mass is 218 g/mol. The molecule has 1 atom stereocenters. The van der Waals surface area contributed by atoms with Crippen molar-refractivity contribution in [3.8, 4) is 0 Å². The first-order valence-electron chi connectivity index (χ1n) is 5.55. The Morgan fingerprint density at radius 1 is 1.38 bits per heavy atom. The average molecular weight is 218 g/mol. The van der Waals surface area contributed by atoms with Gasteiger partial charge in [-0.05, 0) is 36.1 Å². The van der Waals surface area contributed by atoms with Crippen LogP contribution in [-0.2, 0) is 17.8 Å². The molecule has 0 radical (unpaired) electrons. The van der Waals surface area contributed by atoms with Gasteiger partial charge in [-0.1, -0.05) is 6.07 Å². The van der Waals surface area contributed by atoms with Crippen LogP contribution in [0.4, 0.5) is 0 Å². The Hall–Kier alpha value is -1.32. The van der Waals surface area contributed by atoms with Crippen LogP contribution < -0.4 is 5.73 Å². The van der Waals surface area contributed by atoms with Gasteiger partial charge in [0.15, 0.2) is 0 Å². The van der Waals surface area contributed by atoms with Crippen LogP contribution in [0.15, 0.2) is 30.5 Å². The molecule has 86 valence electrons. The minimum Gasteiger partial charge on any atom is -0.380 e. The minimum absolute atomic E-state index is 0.227. The van der Waals surface area contributed by atoms with E-state index in [0.717, 1.165) is 6.54 Å². The van der Waals surface area contributed by atoms with Crippen LogP contribution in [0.3, 0.4) is 0 Å². The zero-order valence-electron chi connectivity index (χ0n) is 9.81. The molecule has 0 spiro atoms. The molecule has 1 aromatic heterocycles. The first-order valence-corrected chi connectivity index (χ1v) is 5.55. The maximum absolute atomic E-state index is 5.62. The van der Waals surface area contributed by atoms with Gasteiger partial charge in [-0.2, -0.15) is 0 Å². The van der Waals surface area contributed by atoms with Crippen LogP contribution in [0.5, 0.6) is 0 Å². The van der Waals surface area contributed by atoms with Crippen LogP contribution in [0.25, 0.3) is 10.9 Å². The molecule has 1 aromatic carbocycles. The summed E-state index contributed by atoms with van der Waals surface area (Å²) in [4.78, 5) is 0. The van der Waals surface area contributed by atoms with E-state index >= 15 is 0 Å². The minimum atomic E-state index is 0.227. The lowest BCUT2D eigenvalue weighted by Gasteiger charge is -2.11. The quantitative estimate of drug-likeness (QED) is 0.854. The molecule has 0 saturated carbocycles. The van der Waals surface area contributed by atoms with E-state index in [1.54, 1.807) is 7.11 Å². The Morgan fingerprint density at radius 2 is 2.19 bits per heavy atom. The number of rotatable bonds is 4. The van der Waals surface area contributed by atoms with E-state index < -0.39 is 0 Å². The second-order valence-electron chi connectivity index (χ2n) is 4.11. The number of nitrogens with zero attached hydrogens (tertiary/aromatic N) is 1. The number of hydrogen-bond donors (Lipinski definition) is 1. The summed E-state index contributed by atoms with van der Waals surface area (Å²) in [6, 6.07) is 8.47. The van der Waals surface area contributed by atoms with Crippen LogP contribution in [0, 0.1) is 0 Å². The van der Waals surface area contributed by atoms with E-state index in [4.69, 9.17) is 10.5 Å². The normalized spacial score (nSPS) is 13.2. The van der Waals surface area contributed by atoms with Crippen molar-refractivity contribution in [3.63, 3.8) is 0 Å². The molecular formula is C13H18N2O. The third-order valence-corrected chi connectivity index (χ3v) is 2.93. The average Bonchev–Trinajstić information content (AvgIpc) is 2.71. The molecule has 0 saturated heterocycles. The van der Waals surface area contributed by atoms with E-state index in [9.17, 15) is 0 Å². The highest BCUT2D eigenvalue weighted by Crippen LogP contribution is 2.18. The highest BCUT2D eigenvalue weighted by molar-refractivity contribution is 5.80. The topological polar surface area (TPSA) is 40.2 Å². The molecule has 0 aliphatic rings. The number of benzene rings is 1. The molecule has 0 bridgehead atoms. The van der Waals surface area contributed by atoms with E-state index in [0.29, 0.717) is 6.54 Å². The van der Waals surface area contributed by atoms with Gasteiger partial charge < -0.3 is 15.0 Å². The summed E-state index contributed by atoms with van der Waals surface area (Å²) in [6.07, 6.45) is 2.32. The molecule has 2 rings (SSSR count). The lowest BCUT2D eigenvalue weighted by Crippen LogP contribution is -2.13. The number of methoxy groups -OCH3 is 1. The van der Waals surface area contributed by atoms with Crippen molar-refractivity contribution in [3.05, 3.63) is 36.0 Å². The summed E-state index contributed by atoms with van der Waals surface area (Å²) < 4.78 is 7.49. The lowest BCUT2D eigenvalue weighted by atomic mass is 10.1. The summed E-state index contributed by atoms with van der Waals surface area (Å²) in [5.74, 6) is 0. The molecule has 0 aliphatic heterocycles. The highest BCUT2D eigenvalue weighted by Gasteiger charge is 2.05. The molecule has 2 aromatic rings. The first-order chi connectivity index (χ1) is 7.74. The van der Waals surface area contributed by atoms with Gasteiger partial charge in [-0.3, -0.25) is 0 Å². The van der Waals surface area contributed by atoms with Crippen LogP contribution in [0.1, 0.15) is 12.5 Å². The van der Waals surface area contributed by atoms with Crippen molar-refractivity contribution in [2.24, 2.45) is 5.73 Å². The van der Waals surface area contributed by atoms with E-state index in [2.05, 4.69) is 42.0 Å².